The summed E-state index contributed by atoms with van der Waals surface area (Å²) < 4.78 is 71.8. The van der Waals surface area contributed by atoms with Gasteiger partial charge in [0.25, 0.3) is 0 Å². The molecule has 0 radical (unpaired) electrons. The second kappa shape index (κ2) is 15.2. The third kappa shape index (κ3) is 9.02. The molecule has 1 amide bonds. The van der Waals surface area contributed by atoms with Crippen LogP contribution in [0.15, 0.2) is 47.4 Å². The second-order valence-corrected chi connectivity index (χ2v) is 15.3. The number of nitrogens with zero attached hydrogens (tertiary/aromatic N) is 1. The van der Waals surface area contributed by atoms with Crippen LogP contribution in [-0.4, -0.2) is 111 Å². The van der Waals surface area contributed by atoms with Gasteiger partial charge in [0, 0.05) is 13.1 Å². The SMILES string of the molecule is COc1ccc2c(c1)C(C)CN(C[C@@H](O)[C@H](Cc1ccc(OCCOCP(=O)(O)O)cc1)NC(=O)O[C@H]1CO[C@H]3OCC[C@H]31)S2(=O)=O. The number of aliphatic hydroxyl groups is 1. The molecule has 260 valence electrons. The standard InChI is InChI=1S/C30H41N2O13PS/c1-19-15-32(47(38,39)28-8-7-22(40-2)14-24(19)28)16-26(33)25(31-30(34)45-27-17-44-29-23(27)9-10-43-29)13-20-3-5-21(6-4-20)42-12-11-41-18-46(35,36)37/h3-8,14,19,23,25-27,29,33H,9-13,15-18H2,1-2H3,(H,31,34)(H2,35,36,37)/t19?,23-,25-,26+,27-,29+/m0/s1. The summed E-state index contributed by atoms with van der Waals surface area (Å²) in [4.78, 5) is 31.0. The lowest BCUT2D eigenvalue weighted by atomic mass is 9.99. The number of methoxy groups -OCH3 is 1. The van der Waals surface area contributed by atoms with E-state index in [1.54, 1.807) is 36.4 Å². The van der Waals surface area contributed by atoms with Crippen molar-refractivity contribution >= 4 is 23.7 Å². The summed E-state index contributed by atoms with van der Waals surface area (Å²) in [6.45, 7) is 2.49. The molecule has 17 heteroatoms. The zero-order valence-corrected chi connectivity index (χ0v) is 27.8. The average Bonchev–Trinajstić information content (AvgIpc) is 3.64. The number of β-amino-alcohol motifs (C(OH)–C–C–N with tert-alkyl or cyclic N) is 1. The van der Waals surface area contributed by atoms with Crippen molar-refractivity contribution in [1.82, 2.24) is 9.62 Å². The summed E-state index contributed by atoms with van der Waals surface area (Å²) in [6, 6.07) is 10.6. The minimum Gasteiger partial charge on any atom is -0.497 e. The summed E-state index contributed by atoms with van der Waals surface area (Å²) in [7, 11) is -6.70. The van der Waals surface area contributed by atoms with Gasteiger partial charge in [-0.15, -0.1) is 0 Å². The summed E-state index contributed by atoms with van der Waals surface area (Å²) in [5.74, 6) is 0.759. The Morgan fingerprint density at radius 2 is 1.87 bits per heavy atom. The highest BCUT2D eigenvalue weighted by molar-refractivity contribution is 7.89. The quantitative estimate of drug-likeness (QED) is 0.164. The molecule has 2 aromatic carbocycles. The van der Waals surface area contributed by atoms with Crippen LogP contribution in [0.25, 0.3) is 0 Å². The van der Waals surface area contributed by atoms with Gasteiger partial charge in [0.15, 0.2) is 6.29 Å². The van der Waals surface area contributed by atoms with Gasteiger partial charge >= 0.3 is 13.7 Å². The monoisotopic (exact) mass is 700 g/mol. The molecule has 2 fully saturated rings. The number of fused-ring (bicyclic) bond motifs is 2. The molecular formula is C30H41N2O13PS. The van der Waals surface area contributed by atoms with Crippen molar-refractivity contribution in [2.24, 2.45) is 5.92 Å². The predicted octanol–water partition coefficient (Wildman–Crippen LogP) is 1.79. The summed E-state index contributed by atoms with van der Waals surface area (Å²) in [5, 5.41) is 14.2. The summed E-state index contributed by atoms with van der Waals surface area (Å²) in [5.41, 5.74) is 1.34. The number of hydrogen-bond donors (Lipinski definition) is 4. The van der Waals surface area contributed by atoms with Crippen LogP contribution in [-0.2, 0) is 40.0 Å². The van der Waals surface area contributed by atoms with Crippen molar-refractivity contribution < 1.29 is 61.1 Å². The Morgan fingerprint density at radius 1 is 1.13 bits per heavy atom. The molecule has 2 aromatic rings. The lowest BCUT2D eigenvalue weighted by Gasteiger charge is -2.35. The largest absolute Gasteiger partial charge is 0.497 e. The Kier molecular flexibility index (Phi) is 11.5. The fourth-order valence-electron chi connectivity index (χ4n) is 5.95. The van der Waals surface area contributed by atoms with E-state index in [0.29, 0.717) is 35.7 Å². The van der Waals surface area contributed by atoms with Gasteiger partial charge in [0.05, 0.1) is 49.9 Å². The van der Waals surface area contributed by atoms with E-state index >= 15 is 0 Å². The van der Waals surface area contributed by atoms with E-state index in [1.807, 2.05) is 6.92 Å². The van der Waals surface area contributed by atoms with E-state index < -0.39 is 54.6 Å². The van der Waals surface area contributed by atoms with Crippen LogP contribution in [0.4, 0.5) is 4.79 Å². The van der Waals surface area contributed by atoms with E-state index in [9.17, 15) is 22.9 Å². The molecule has 3 heterocycles. The topological polar surface area (TPSA) is 200 Å². The van der Waals surface area contributed by atoms with Crippen molar-refractivity contribution in [2.75, 3.05) is 53.0 Å². The Hall–Kier alpha value is -2.79. The third-order valence-electron chi connectivity index (χ3n) is 8.38. The predicted molar refractivity (Wildman–Crippen MR) is 166 cm³/mol. The van der Waals surface area contributed by atoms with Gasteiger partial charge in [0.1, 0.15) is 30.6 Å². The van der Waals surface area contributed by atoms with Crippen LogP contribution in [0.1, 0.15) is 30.4 Å². The van der Waals surface area contributed by atoms with Crippen molar-refractivity contribution in [2.45, 2.75) is 55.1 Å². The molecule has 3 aliphatic heterocycles. The van der Waals surface area contributed by atoms with Gasteiger partial charge in [0.2, 0.25) is 10.0 Å². The van der Waals surface area contributed by atoms with Gasteiger partial charge in [-0.2, -0.15) is 4.31 Å². The number of rotatable bonds is 14. The van der Waals surface area contributed by atoms with Crippen LogP contribution in [0.3, 0.4) is 0 Å². The van der Waals surface area contributed by atoms with E-state index in [2.05, 4.69) is 5.32 Å². The Labute approximate surface area is 273 Å². The highest BCUT2D eigenvalue weighted by atomic mass is 32.2. The van der Waals surface area contributed by atoms with Crippen molar-refractivity contribution in [1.29, 1.82) is 0 Å². The number of carbonyl (C=O) groups is 1. The molecule has 2 saturated heterocycles. The van der Waals surface area contributed by atoms with Crippen molar-refractivity contribution in [3.05, 3.63) is 53.6 Å². The van der Waals surface area contributed by atoms with Crippen LogP contribution in [0.2, 0.25) is 0 Å². The maximum atomic E-state index is 13.6. The normalized spacial score (nSPS) is 25.0. The summed E-state index contributed by atoms with van der Waals surface area (Å²) in [6.07, 6.45) is -2.88. The number of amides is 1. The van der Waals surface area contributed by atoms with E-state index in [0.717, 1.165) is 0 Å². The third-order valence-corrected chi connectivity index (χ3v) is 10.8. The van der Waals surface area contributed by atoms with Gasteiger partial charge in [-0.25, -0.2) is 13.2 Å². The van der Waals surface area contributed by atoms with E-state index in [1.165, 1.54) is 17.5 Å². The summed E-state index contributed by atoms with van der Waals surface area (Å²) >= 11 is 0. The molecular weight excluding hydrogens is 659 g/mol. The van der Waals surface area contributed by atoms with E-state index in [4.69, 9.17) is 38.2 Å². The Morgan fingerprint density at radius 3 is 2.60 bits per heavy atom. The van der Waals surface area contributed by atoms with Crippen LogP contribution in [0, 0.1) is 5.92 Å². The smallest absolute Gasteiger partial charge is 0.407 e. The molecule has 0 bridgehead atoms. The zero-order valence-electron chi connectivity index (χ0n) is 26.1. The van der Waals surface area contributed by atoms with Gasteiger partial charge in [-0.05, 0) is 60.2 Å². The zero-order chi connectivity index (χ0) is 33.8. The molecule has 1 unspecified atom stereocenters. The number of benzene rings is 2. The highest BCUT2D eigenvalue weighted by Gasteiger charge is 2.44. The molecule has 0 aromatic heterocycles. The number of sulfonamides is 1. The molecule has 3 aliphatic rings. The number of ether oxygens (including phenoxy) is 6. The van der Waals surface area contributed by atoms with Crippen LogP contribution >= 0.6 is 7.60 Å². The van der Waals surface area contributed by atoms with Gasteiger partial charge < -0.3 is 48.6 Å². The van der Waals surface area contributed by atoms with Crippen molar-refractivity contribution in [3.8, 4) is 11.5 Å². The molecule has 0 spiro atoms. The number of carbonyl (C=O) groups excluding carboxylic acids is 1. The Bertz CT molecular complexity index is 1540. The van der Waals surface area contributed by atoms with Crippen LogP contribution in [0.5, 0.6) is 11.5 Å². The first kappa shape index (κ1) is 35.5. The first-order valence-electron chi connectivity index (χ1n) is 15.2. The number of alkyl carbamates (subject to hydrolysis) is 1. The van der Waals surface area contributed by atoms with Crippen LogP contribution < -0.4 is 14.8 Å². The molecule has 47 heavy (non-hydrogen) atoms. The first-order valence-corrected chi connectivity index (χ1v) is 18.5. The fraction of sp³-hybridized carbons (Fsp3) is 0.567. The molecule has 0 saturated carbocycles. The molecule has 5 rings (SSSR count). The number of nitrogens with one attached hydrogen (secondary N) is 1. The maximum absolute atomic E-state index is 13.6. The van der Waals surface area contributed by atoms with Crippen molar-refractivity contribution in [3.63, 3.8) is 0 Å². The maximum Gasteiger partial charge on any atom is 0.407 e. The minimum atomic E-state index is -4.26. The molecule has 4 N–H and O–H groups in total. The van der Waals surface area contributed by atoms with Gasteiger partial charge in [-0.3, -0.25) is 4.57 Å². The second-order valence-electron chi connectivity index (χ2n) is 11.8. The Balaban J connectivity index is 1.26. The first-order chi connectivity index (χ1) is 22.3. The fourth-order valence-corrected chi connectivity index (χ4v) is 8.17. The lowest BCUT2D eigenvalue weighted by molar-refractivity contribution is -0.0907. The van der Waals surface area contributed by atoms with E-state index in [-0.39, 0.29) is 56.1 Å². The number of hydrogen-bond acceptors (Lipinski definition) is 11. The molecule has 6 atom stereocenters. The average molecular weight is 701 g/mol. The molecule has 15 nitrogen and oxygen atoms in total. The highest BCUT2D eigenvalue weighted by Crippen LogP contribution is 2.37. The molecule has 0 aliphatic carbocycles. The minimum absolute atomic E-state index is 0.0248. The lowest BCUT2D eigenvalue weighted by Crippen LogP contribution is -2.52. The van der Waals surface area contributed by atoms with Gasteiger partial charge in [-0.1, -0.05) is 19.1 Å². The number of aliphatic hydroxyl groups excluding tert-OH is 1.